The van der Waals surface area contributed by atoms with Gasteiger partial charge in [-0.3, -0.25) is 0 Å². The molecule has 0 fully saturated rings. The molecule has 0 bridgehead atoms. The van der Waals surface area contributed by atoms with Gasteiger partial charge < -0.3 is 9.64 Å². The minimum atomic E-state index is -3.85. The van der Waals surface area contributed by atoms with Gasteiger partial charge in [-0.15, -0.1) is 0 Å². The number of ether oxygens (including phenoxy) is 1. The molecule has 1 N–H and O–H groups in total. The van der Waals surface area contributed by atoms with Crippen molar-refractivity contribution in [2.45, 2.75) is 4.90 Å². The first-order valence-electron chi connectivity index (χ1n) is 7.03. The first-order chi connectivity index (χ1) is 10.9. The van der Waals surface area contributed by atoms with Crippen molar-refractivity contribution in [3.63, 3.8) is 0 Å². The minimum Gasteiger partial charge on any atom is -0.495 e. The second kappa shape index (κ2) is 7.43. The summed E-state index contributed by atoms with van der Waals surface area (Å²) in [5.74, 6) is -0.525. The van der Waals surface area contributed by atoms with Crippen LogP contribution in [0.15, 0.2) is 53.4 Å². The van der Waals surface area contributed by atoms with Crippen LogP contribution < -0.4 is 14.4 Å². The number of methoxy groups -OCH3 is 1. The van der Waals surface area contributed by atoms with Crippen LogP contribution in [0.3, 0.4) is 0 Å². The Bertz CT molecular complexity index is 751. The molecule has 0 spiro atoms. The lowest BCUT2D eigenvalue weighted by atomic mass is 10.3. The molecule has 0 saturated carbocycles. The maximum absolute atomic E-state index is 13.3. The van der Waals surface area contributed by atoms with Crippen LogP contribution in [-0.4, -0.2) is 35.7 Å². The van der Waals surface area contributed by atoms with Crippen molar-refractivity contribution in [3.05, 3.63) is 54.3 Å². The Hall–Kier alpha value is -2.12. The van der Waals surface area contributed by atoms with Crippen LogP contribution in [0.25, 0.3) is 0 Å². The number of rotatable bonds is 7. The van der Waals surface area contributed by atoms with Crippen molar-refractivity contribution >= 4 is 15.7 Å². The average Bonchev–Trinajstić information content (AvgIpc) is 2.55. The predicted molar refractivity (Wildman–Crippen MR) is 87.9 cm³/mol. The zero-order valence-electron chi connectivity index (χ0n) is 13.0. The Balaban J connectivity index is 2.04. The van der Waals surface area contributed by atoms with E-state index >= 15 is 0 Å². The minimum absolute atomic E-state index is 0.107. The molecule has 124 valence electrons. The number of anilines is 1. The summed E-state index contributed by atoms with van der Waals surface area (Å²) in [6.07, 6.45) is 0. The number of nitrogens with one attached hydrogen (secondary N) is 1. The lowest BCUT2D eigenvalue weighted by Crippen LogP contribution is -2.33. The smallest absolute Gasteiger partial charge is 0.244 e. The van der Waals surface area contributed by atoms with E-state index in [4.69, 9.17) is 4.74 Å². The molecule has 23 heavy (non-hydrogen) atoms. The number of hydrogen-bond acceptors (Lipinski definition) is 4. The maximum Gasteiger partial charge on any atom is 0.244 e. The maximum atomic E-state index is 13.3. The van der Waals surface area contributed by atoms with E-state index in [1.165, 1.54) is 13.2 Å². The van der Waals surface area contributed by atoms with E-state index in [0.717, 1.165) is 17.8 Å². The summed E-state index contributed by atoms with van der Waals surface area (Å²) in [5, 5.41) is 0. The van der Waals surface area contributed by atoms with Crippen LogP contribution in [0, 0.1) is 5.82 Å². The third-order valence-electron chi connectivity index (χ3n) is 3.35. The highest BCUT2D eigenvalue weighted by Gasteiger charge is 2.20. The van der Waals surface area contributed by atoms with E-state index in [1.54, 1.807) is 0 Å². The van der Waals surface area contributed by atoms with E-state index in [-0.39, 0.29) is 17.2 Å². The van der Waals surface area contributed by atoms with Crippen molar-refractivity contribution in [1.29, 1.82) is 0 Å². The fraction of sp³-hybridized carbons (Fsp3) is 0.250. The summed E-state index contributed by atoms with van der Waals surface area (Å²) in [5.41, 5.74) is 0.982. The van der Waals surface area contributed by atoms with Crippen molar-refractivity contribution in [3.8, 4) is 5.75 Å². The molecule has 0 aliphatic heterocycles. The Morgan fingerprint density at radius 1 is 1.17 bits per heavy atom. The molecule has 0 radical (unpaired) electrons. The van der Waals surface area contributed by atoms with E-state index < -0.39 is 15.8 Å². The molecule has 0 aliphatic carbocycles. The number of para-hydroxylation sites is 1. The van der Waals surface area contributed by atoms with Gasteiger partial charge in [0.15, 0.2) is 0 Å². The van der Waals surface area contributed by atoms with E-state index in [0.29, 0.717) is 6.54 Å². The van der Waals surface area contributed by atoms with Gasteiger partial charge in [-0.05, 0) is 30.3 Å². The largest absolute Gasteiger partial charge is 0.495 e. The highest BCUT2D eigenvalue weighted by atomic mass is 32.2. The van der Waals surface area contributed by atoms with E-state index in [9.17, 15) is 12.8 Å². The van der Waals surface area contributed by atoms with Crippen LogP contribution >= 0.6 is 0 Å². The molecule has 2 aromatic rings. The third-order valence-corrected chi connectivity index (χ3v) is 4.83. The topological polar surface area (TPSA) is 58.6 Å². The van der Waals surface area contributed by atoms with E-state index in [1.807, 2.05) is 42.3 Å². The van der Waals surface area contributed by atoms with Gasteiger partial charge in [0.2, 0.25) is 10.0 Å². The molecule has 0 unspecified atom stereocenters. The number of hydrogen-bond donors (Lipinski definition) is 1. The van der Waals surface area contributed by atoms with E-state index in [2.05, 4.69) is 4.72 Å². The fourth-order valence-corrected chi connectivity index (χ4v) is 3.30. The van der Waals surface area contributed by atoms with Gasteiger partial charge in [-0.1, -0.05) is 18.2 Å². The number of halogens is 1. The average molecular weight is 338 g/mol. The predicted octanol–water partition coefficient (Wildman–Crippen LogP) is 2.25. The van der Waals surface area contributed by atoms with Gasteiger partial charge in [0.1, 0.15) is 16.5 Å². The van der Waals surface area contributed by atoms with Crippen LogP contribution in [0.1, 0.15) is 0 Å². The van der Waals surface area contributed by atoms with Gasteiger partial charge in [-0.2, -0.15) is 0 Å². The Kier molecular flexibility index (Phi) is 5.57. The number of benzene rings is 2. The van der Waals surface area contributed by atoms with Crippen LogP contribution in [0.4, 0.5) is 10.1 Å². The molecule has 0 aliphatic rings. The molecule has 7 heteroatoms. The zero-order valence-corrected chi connectivity index (χ0v) is 13.8. The first-order valence-corrected chi connectivity index (χ1v) is 8.52. The third kappa shape index (κ3) is 4.43. The van der Waals surface area contributed by atoms with Crippen molar-refractivity contribution in [1.82, 2.24) is 4.72 Å². The summed E-state index contributed by atoms with van der Waals surface area (Å²) >= 11 is 0. The molecule has 0 atom stereocenters. The van der Waals surface area contributed by atoms with Gasteiger partial charge in [0, 0.05) is 25.8 Å². The Labute approximate surface area is 135 Å². The quantitative estimate of drug-likeness (QED) is 0.841. The Morgan fingerprint density at radius 2 is 1.87 bits per heavy atom. The molecule has 5 nitrogen and oxygen atoms in total. The fourth-order valence-electron chi connectivity index (χ4n) is 2.10. The lowest BCUT2D eigenvalue weighted by Gasteiger charge is -2.19. The summed E-state index contributed by atoms with van der Waals surface area (Å²) in [6.45, 7) is 0.661. The van der Waals surface area contributed by atoms with Gasteiger partial charge in [0.25, 0.3) is 0 Å². The summed E-state index contributed by atoms with van der Waals surface area (Å²) in [7, 11) is -0.635. The van der Waals surface area contributed by atoms with Crippen LogP contribution in [-0.2, 0) is 10.0 Å². The van der Waals surface area contributed by atoms with Crippen molar-refractivity contribution < 1.29 is 17.5 Å². The molecule has 2 rings (SSSR count). The second-order valence-corrected chi connectivity index (χ2v) is 6.69. The molecule has 2 aromatic carbocycles. The summed E-state index contributed by atoms with van der Waals surface area (Å²) < 4.78 is 45.4. The molecular weight excluding hydrogens is 319 g/mol. The lowest BCUT2D eigenvalue weighted by molar-refractivity contribution is 0.400. The van der Waals surface area contributed by atoms with Crippen LogP contribution in [0.5, 0.6) is 5.75 Å². The van der Waals surface area contributed by atoms with Gasteiger partial charge in [0.05, 0.1) is 7.11 Å². The molecule has 0 saturated heterocycles. The van der Waals surface area contributed by atoms with Gasteiger partial charge in [-0.25, -0.2) is 17.5 Å². The number of likely N-dealkylation sites (N-methyl/N-ethyl adjacent to an activating group) is 1. The molecular formula is C16H19FN2O3S. The zero-order chi connectivity index (χ0) is 16.9. The standard InChI is InChI=1S/C16H19FN2O3S/c1-19(14-6-4-3-5-7-14)11-10-18-23(20,21)16-12-13(17)8-9-15(16)22-2/h3-9,12,18H,10-11H2,1-2H3. The SMILES string of the molecule is COc1ccc(F)cc1S(=O)(=O)NCCN(C)c1ccccc1. The van der Waals surface area contributed by atoms with Crippen molar-refractivity contribution in [2.75, 3.05) is 32.1 Å². The Morgan fingerprint density at radius 3 is 2.52 bits per heavy atom. The second-order valence-electron chi connectivity index (χ2n) is 4.95. The number of sulfonamides is 1. The highest BCUT2D eigenvalue weighted by Crippen LogP contribution is 2.24. The molecule has 0 aromatic heterocycles. The van der Waals surface area contributed by atoms with Gasteiger partial charge >= 0.3 is 0 Å². The normalized spacial score (nSPS) is 11.3. The molecule has 0 heterocycles. The molecule has 0 amide bonds. The van der Waals surface area contributed by atoms with Crippen molar-refractivity contribution in [2.24, 2.45) is 0 Å². The summed E-state index contributed by atoms with van der Waals surface area (Å²) in [6, 6.07) is 13.0. The summed E-state index contributed by atoms with van der Waals surface area (Å²) in [4.78, 5) is 1.72. The monoisotopic (exact) mass is 338 g/mol. The highest BCUT2D eigenvalue weighted by molar-refractivity contribution is 7.89. The number of nitrogens with zero attached hydrogens (tertiary/aromatic N) is 1. The first kappa shape index (κ1) is 17.2. The van der Waals surface area contributed by atoms with Crippen LogP contribution in [0.2, 0.25) is 0 Å².